The molecule has 0 aliphatic heterocycles. The summed E-state index contributed by atoms with van der Waals surface area (Å²) in [6, 6.07) is 14.8. The molecule has 5 heteroatoms. The van der Waals surface area contributed by atoms with Crippen LogP contribution in [0.15, 0.2) is 52.3 Å². The molecule has 2 rings (SSSR count). The Bertz CT molecular complexity index is 675. The van der Waals surface area contributed by atoms with Crippen molar-refractivity contribution in [3.63, 3.8) is 0 Å². The summed E-state index contributed by atoms with van der Waals surface area (Å²) in [6.07, 6.45) is 0. The fourth-order valence-electron chi connectivity index (χ4n) is 1.65. The SMILES string of the molecule is CC(=O)Nc1ccc(Sc2ccc(C#N)cc2N)cc1. The highest BCUT2D eigenvalue weighted by Crippen LogP contribution is 2.33. The molecule has 0 saturated heterocycles. The molecule has 1 amide bonds. The second-order valence-electron chi connectivity index (χ2n) is 4.17. The molecule has 20 heavy (non-hydrogen) atoms. The number of benzene rings is 2. The van der Waals surface area contributed by atoms with E-state index in [0.717, 1.165) is 15.5 Å². The van der Waals surface area contributed by atoms with Crippen molar-refractivity contribution in [2.24, 2.45) is 0 Å². The molecule has 0 saturated carbocycles. The summed E-state index contributed by atoms with van der Waals surface area (Å²) < 4.78 is 0. The van der Waals surface area contributed by atoms with Crippen LogP contribution in [0.3, 0.4) is 0 Å². The van der Waals surface area contributed by atoms with Gasteiger partial charge in [-0.25, -0.2) is 0 Å². The third-order valence-corrected chi connectivity index (χ3v) is 3.64. The topological polar surface area (TPSA) is 78.9 Å². The lowest BCUT2D eigenvalue weighted by molar-refractivity contribution is -0.114. The fraction of sp³-hybridized carbons (Fsp3) is 0.0667. The smallest absolute Gasteiger partial charge is 0.221 e. The average Bonchev–Trinajstić information content (AvgIpc) is 2.42. The van der Waals surface area contributed by atoms with Gasteiger partial charge in [0.15, 0.2) is 0 Å². The van der Waals surface area contributed by atoms with E-state index in [0.29, 0.717) is 11.3 Å². The zero-order valence-corrected chi connectivity index (χ0v) is 11.7. The monoisotopic (exact) mass is 283 g/mol. The first kappa shape index (κ1) is 14.0. The molecule has 0 fully saturated rings. The molecule has 0 atom stereocenters. The molecule has 0 heterocycles. The van der Waals surface area contributed by atoms with Gasteiger partial charge in [-0.3, -0.25) is 4.79 Å². The van der Waals surface area contributed by atoms with E-state index in [1.54, 1.807) is 12.1 Å². The van der Waals surface area contributed by atoms with Gasteiger partial charge < -0.3 is 11.1 Å². The highest BCUT2D eigenvalue weighted by Gasteiger charge is 2.04. The molecule has 0 bridgehead atoms. The van der Waals surface area contributed by atoms with E-state index in [2.05, 4.69) is 11.4 Å². The number of carbonyl (C=O) groups excluding carboxylic acids is 1. The summed E-state index contributed by atoms with van der Waals surface area (Å²) >= 11 is 1.51. The van der Waals surface area contributed by atoms with Crippen molar-refractivity contribution in [1.82, 2.24) is 0 Å². The number of nitrogens with zero attached hydrogens (tertiary/aromatic N) is 1. The lowest BCUT2D eigenvalue weighted by Gasteiger charge is -2.07. The van der Waals surface area contributed by atoms with Crippen molar-refractivity contribution < 1.29 is 4.79 Å². The van der Waals surface area contributed by atoms with E-state index in [1.165, 1.54) is 18.7 Å². The number of hydrogen-bond donors (Lipinski definition) is 2. The van der Waals surface area contributed by atoms with Crippen LogP contribution in [0.1, 0.15) is 12.5 Å². The second kappa shape index (κ2) is 6.13. The lowest BCUT2D eigenvalue weighted by atomic mass is 10.2. The van der Waals surface area contributed by atoms with E-state index in [9.17, 15) is 4.79 Å². The summed E-state index contributed by atoms with van der Waals surface area (Å²) in [7, 11) is 0. The third-order valence-electron chi connectivity index (χ3n) is 2.54. The Kier molecular flexibility index (Phi) is 4.28. The van der Waals surface area contributed by atoms with Gasteiger partial charge in [-0.05, 0) is 42.5 Å². The second-order valence-corrected chi connectivity index (χ2v) is 5.29. The summed E-state index contributed by atoms with van der Waals surface area (Å²) in [5.41, 5.74) is 7.80. The number of rotatable bonds is 3. The van der Waals surface area contributed by atoms with Gasteiger partial charge >= 0.3 is 0 Å². The Morgan fingerprint density at radius 2 is 1.95 bits per heavy atom. The van der Waals surface area contributed by atoms with Crippen LogP contribution in [0.4, 0.5) is 11.4 Å². The molecular weight excluding hydrogens is 270 g/mol. The van der Waals surface area contributed by atoms with Crippen molar-refractivity contribution in [2.75, 3.05) is 11.1 Å². The van der Waals surface area contributed by atoms with Crippen LogP contribution in [0.5, 0.6) is 0 Å². The Hall–Kier alpha value is -2.45. The number of amides is 1. The molecule has 0 unspecified atom stereocenters. The molecule has 0 aromatic heterocycles. The van der Waals surface area contributed by atoms with E-state index in [-0.39, 0.29) is 5.91 Å². The summed E-state index contributed by atoms with van der Waals surface area (Å²) in [5, 5.41) is 11.5. The number of carbonyl (C=O) groups is 1. The molecule has 0 aliphatic rings. The minimum absolute atomic E-state index is 0.0956. The van der Waals surface area contributed by atoms with Crippen molar-refractivity contribution >= 4 is 29.0 Å². The maximum absolute atomic E-state index is 10.9. The van der Waals surface area contributed by atoms with Gasteiger partial charge in [0.1, 0.15) is 0 Å². The Morgan fingerprint density at radius 3 is 2.50 bits per heavy atom. The van der Waals surface area contributed by atoms with Gasteiger partial charge in [0.2, 0.25) is 5.91 Å². The normalized spacial score (nSPS) is 9.80. The highest BCUT2D eigenvalue weighted by molar-refractivity contribution is 7.99. The number of nitriles is 1. The standard InChI is InChI=1S/C15H13N3OS/c1-10(19)18-12-3-5-13(6-4-12)20-15-7-2-11(9-16)8-14(15)17/h2-8H,17H2,1H3,(H,18,19). The fourth-order valence-corrected chi connectivity index (χ4v) is 2.49. The highest BCUT2D eigenvalue weighted by atomic mass is 32.2. The molecule has 2 aromatic carbocycles. The first-order valence-electron chi connectivity index (χ1n) is 5.93. The van der Waals surface area contributed by atoms with E-state index in [1.807, 2.05) is 30.3 Å². The van der Waals surface area contributed by atoms with Crippen LogP contribution in [0.25, 0.3) is 0 Å². The minimum atomic E-state index is -0.0956. The Balaban J connectivity index is 2.14. The number of nitrogens with one attached hydrogen (secondary N) is 1. The predicted octanol–water partition coefficient (Wildman–Crippen LogP) is 3.25. The summed E-state index contributed by atoms with van der Waals surface area (Å²) in [5.74, 6) is -0.0956. The number of hydrogen-bond acceptors (Lipinski definition) is 4. The number of anilines is 2. The number of nitrogens with two attached hydrogens (primary N) is 1. The molecule has 0 spiro atoms. The Labute approximate surface area is 121 Å². The minimum Gasteiger partial charge on any atom is -0.398 e. The van der Waals surface area contributed by atoms with Gasteiger partial charge in [0.25, 0.3) is 0 Å². The molecule has 100 valence electrons. The largest absolute Gasteiger partial charge is 0.398 e. The molecule has 2 aromatic rings. The zero-order chi connectivity index (χ0) is 14.5. The first-order valence-corrected chi connectivity index (χ1v) is 6.75. The van der Waals surface area contributed by atoms with Crippen LogP contribution in [-0.2, 0) is 4.79 Å². The van der Waals surface area contributed by atoms with Crippen molar-refractivity contribution in [2.45, 2.75) is 16.7 Å². The van der Waals surface area contributed by atoms with E-state index in [4.69, 9.17) is 11.0 Å². The van der Waals surface area contributed by atoms with Crippen LogP contribution in [0.2, 0.25) is 0 Å². The maximum atomic E-state index is 10.9. The zero-order valence-electron chi connectivity index (χ0n) is 10.9. The van der Waals surface area contributed by atoms with Gasteiger partial charge in [0, 0.05) is 28.1 Å². The summed E-state index contributed by atoms with van der Waals surface area (Å²) in [4.78, 5) is 12.8. The molecule has 4 nitrogen and oxygen atoms in total. The van der Waals surface area contributed by atoms with Crippen LogP contribution in [0, 0.1) is 11.3 Å². The van der Waals surface area contributed by atoms with Crippen LogP contribution in [-0.4, -0.2) is 5.91 Å². The van der Waals surface area contributed by atoms with Gasteiger partial charge in [-0.2, -0.15) is 5.26 Å². The summed E-state index contributed by atoms with van der Waals surface area (Å²) in [6.45, 7) is 1.47. The van der Waals surface area contributed by atoms with Crippen molar-refractivity contribution in [3.8, 4) is 6.07 Å². The predicted molar refractivity (Wildman–Crippen MR) is 80.4 cm³/mol. The average molecular weight is 283 g/mol. The maximum Gasteiger partial charge on any atom is 0.221 e. The Morgan fingerprint density at radius 1 is 1.25 bits per heavy atom. The van der Waals surface area contributed by atoms with Crippen molar-refractivity contribution in [3.05, 3.63) is 48.0 Å². The van der Waals surface area contributed by atoms with Gasteiger partial charge in [-0.1, -0.05) is 11.8 Å². The molecular formula is C15H13N3OS. The van der Waals surface area contributed by atoms with Crippen molar-refractivity contribution in [1.29, 1.82) is 5.26 Å². The van der Waals surface area contributed by atoms with E-state index >= 15 is 0 Å². The number of nitrogen functional groups attached to an aromatic ring is 1. The molecule has 0 aliphatic carbocycles. The quantitative estimate of drug-likeness (QED) is 0.847. The first-order chi connectivity index (χ1) is 9.58. The molecule has 0 radical (unpaired) electrons. The molecule has 3 N–H and O–H groups in total. The third kappa shape index (κ3) is 3.53. The van der Waals surface area contributed by atoms with Crippen LogP contribution < -0.4 is 11.1 Å². The van der Waals surface area contributed by atoms with Crippen LogP contribution >= 0.6 is 11.8 Å². The van der Waals surface area contributed by atoms with E-state index < -0.39 is 0 Å². The lowest BCUT2D eigenvalue weighted by Crippen LogP contribution is -2.05. The van der Waals surface area contributed by atoms with Gasteiger partial charge in [0.05, 0.1) is 11.6 Å². The van der Waals surface area contributed by atoms with Gasteiger partial charge in [-0.15, -0.1) is 0 Å².